The molecule has 0 saturated carbocycles. The topological polar surface area (TPSA) is 80.5 Å². The molecule has 0 bridgehead atoms. The Morgan fingerprint density at radius 2 is 2.18 bits per heavy atom. The molecule has 0 radical (unpaired) electrons. The highest BCUT2D eigenvalue weighted by Gasteiger charge is 2.07. The number of rotatable bonds is 1. The van der Waals surface area contributed by atoms with Gasteiger partial charge in [0.05, 0.1) is 5.39 Å². The molecule has 3 aromatic rings. The zero-order chi connectivity index (χ0) is 11.8. The van der Waals surface area contributed by atoms with Crippen molar-refractivity contribution >= 4 is 16.9 Å². The van der Waals surface area contributed by atoms with Crippen LogP contribution in [0.2, 0.25) is 0 Å². The maximum absolute atomic E-state index is 5.76. The lowest BCUT2D eigenvalue weighted by molar-refractivity contribution is 1.10. The van der Waals surface area contributed by atoms with Crippen LogP contribution in [0.25, 0.3) is 22.2 Å². The fourth-order valence-electron chi connectivity index (χ4n) is 1.86. The van der Waals surface area contributed by atoms with Crippen molar-refractivity contribution in [1.82, 2.24) is 20.2 Å². The van der Waals surface area contributed by atoms with Crippen LogP contribution in [-0.2, 0) is 0 Å². The molecule has 0 amide bonds. The summed E-state index contributed by atoms with van der Waals surface area (Å²) in [5.74, 6) is 0.468. The number of anilines is 1. The second-order valence-electron chi connectivity index (χ2n) is 3.87. The van der Waals surface area contributed by atoms with E-state index in [1.165, 1.54) is 0 Å². The maximum atomic E-state index is 5.76. The van der Waals surface area contributed by atoms with Gasteiger partial charge in [-0.25, -0.2) is 4.98 Å². The Kier molecular flexibility index (Phi) is 2.04. The number of nitrogens with zero attached hydrogens (tertiary/aromatic N) is 3. The summed E-state index contributed by atoms with van der Waals surface area (Å²) in [5, 5.41) is 7.55. The van der Waals surface area contributed by atoms with Crippen LogP contribution in [0.1, 0.15) is 5.69 Å². The van der Waals surface area contributed by atoms with Crippen molar-refractivity contribution in [1.29, 1.82) is 0 Å². The molecule has 0 atom stereocenters. The van der Waals surface area contributed by atoms with Crippen LogP contribution >= 0.6 is 0 Å². The predicted molar refractivity (Wildman–Crippen MR) is 66.3 cm³/mol. The minimum Gasteiger partial charge on any atom is -0.382 e. The first kappa shape index (κ1) is 9.77. The van der Waals surface area contributed by atoms with Gasteiger partial charge in [-0.15, -0.1) is 0 Å². The van der Waals surface area contributed by atoms with E-state index in [0.29, 0.717) is 11.5 Å². The first-order chi connectivity index (χ1) is 8.25. The Hall–Kier alpha value is -2.43. The Morgan fingerprint density at radius 1 is 1.29 bits per heavy atom. The molecule has 0 saturated heterocycles. The van der Waals surface area contributed by atoms with E-state index >= 15 is 0 Å². The van der Waals surface area contributed by atoms with Crippen molar-refractivity contribution in [3.63, 3.8) is 0 Å². The lowest BCUT2D eigenvalue weighted by Gasteiger charge is -2.04. The highest BCUT2D eigenvalue weighted by molar-refractivity contribution is 5.89. The van der Waals surface area contributed by atoms with Crippen molar-refractivity contribution in [3.05, 3.63) is 36.3 Å². The third-order valence-electron chi connectivity index (χ3n) is 2.76. The van der Waals surface area contributed by atoms with E-state index in [1.54, 1.807) is 12.4 Å². The van der Waals surface area contributed by atoms with Gasteiger partial charge in [0.1, 0.15) is 0 Å². The summed E-state index contributed by atoms with van der Waals surface area (Å²) < 4.78 is 0. The number of hydrogen-bond donors (Lipinski definition) is 2. The van der Waals surface area contributed by atoms with Gasteiger partial charge in [-0.1, -0.05) is 6.07 Å². The second kappa shape index (κ2) is 3.55. The number of aromatic nitrogens is 4. The third-order valence-corrected chi connectivity index (χ3v) is 2.76. The van der Waals surface area contributed by atoms with Crippen molar-refractivity contribution in [2.45, 2.75) is 6.92 Å². The minimum absolute atomic E-state index is 0.468. The van der Waals surface area contributed by atoms with Gasteiger partial charge in [0.2, 0.25) is 0 Å². The average molecular weight is 225 g/mol. The van der Waals surface area contributed by atoms with Crippen molar-refractivity contribution in [2.24, 2.45) is 0 Å². The molecule has 5 nitrogen and oxygen atoms in total. The summed E-state index contributed by atoms with van der Waals surface area (Å²) >= 11 is 0. The SMILES string of the molecule is Cc1ncccc1-c1cnc2[nH]nc(N)c2c1. The van der Waals surface area contributed by atoms with Gasteiger partial charge in [-0.2, -0.15) is 5.10 Å². The number of hydrogen-bond acceptors (Lipinski definition) is 4. The number of nitrogens with two attached hydrogens (primary N) is 1. The van der Waals surface area contributed by atoms with Crippen LogP contribution in [-0.4, -0.2) is 20.2 Å². The molecule has 3 aromatic heterocycles. The highest BCUT2D eigenvalue weighted by Crippen LogP contribution is 2.25. The van der Waals surface area contributed by atoms with Gasteiger partial charge in [-0.3, -0.25) is 10.1 Å². The molecule has 3 rings (SSSR count). The molecular weight excluding hydrogens is 214 g/mol. The van der Waals surface area contributed by atoms with Crippen LogP contribution in [0.4, 0.5) is 5.82 Å². The molecule has 84 valence electrons. The number of nitrogen functional groups attached to an aromatic ring is 1. The number of pyridine rings is 2. The molecule has 3 heterocycles. The first-order valence-electron chi connectivity index (χ1n) is 5.27. The van der Waals surface area contributed by atoms with Gasteiger partial charge >= 0.3 is 0 Å². The molecule has 3 N–H and O–H groups in total. The standard InChI is InChI=1S/C12H11N5/c1-7-9(3-2-4-14-7)8-5-10-11(13)16-17-12(10)15-6-8/h2-6H,1H3,(H3,13,15,16,17). The van der Waals surface area contributed by atoms with Crippen molar-refractivity contribution in [2.75, 3.05) is 5.73 Å². The van der Waals surface area contributed by atoms with E-state index in [9.17, 15) is 0 Å². The Balaban J connectivity index is 2.24. The number of fused-ring (bicyclic) bond motifs is 1. The summed E-state index contributed by atoms with van der Waals surface area (Å²) in [4.78, 5) is 8.56. The number of H-pyrrole nitrogens is 1. The number of nitrogens with one attached hydrogen (secondary N) is 1. The average Bonchev–Trinajstić information content (AvgIpc) is 2.71. The van der Waals surface area contributed by atoms with Gasteiger partial charge in [0.25, 0.3) is 0 Å². The number of aryl methyl sites for hydroxylation is 1. The Labute approximate surface area is 97.7 Å². The molecule has 0 fully saturated rings. The summed E-state index contributed by atoms with van der Waals surface area (Å²) in [6, 6.07) is 5.90. The normalized spacial score (nSPS) is 10.9. The molecule has 5 heteroatoms. The monoisotopic (exact) mass is 225 g/mol. The molecule has 17 heavy (non-hydrogen) atoms. The summed E-state index contributed by atoms with van der Waals surface area (Å²) in [6.07, 6.45) is 3.57. The second-order valence-corrected chi connectivity index (χ2v) is 3.87. The van der Waals surface area contributed by atoms with Gasteiger partial charge in [0, 0.05) is 29.2 Å². The van der Waals surface area contributed by atoms with E-state index in [4.69, 9.17) is 5.73 Å². The fourth-order valence-corrected chi connectivity index (χ4v) is 1.86. The molecule has 0 aliphatic carbocycles. The summed E-state index contributed by atoms with van der Waals surface area (Å²) in [5.41, 5.74) is 9.49. The van der Waals surface area contributed by atoms with E-state index in [-0.39, 0.29) is 0 Å². The molecule has 0 aliphatic rings. The van der Waals surface area contributed by atoms with Crippen molar-refractivity contribution in [3.8, 4) is 11.1 Å². The van der Waals surface area contributed by atoms with E-state index in [2.05, 4.69) is 20.2 Å². The van der Waals surface area contributed by atoms with Gasteiger partial charge < -0.3 is 5.73 Å². The fraction of sp³-hybridized carbons (Fsp3) is 0.0833. The van der Waals surface area contributed by atoms with E-state index in [0.717, 1.165) is 22.2 Å². The van der Waals surface area contributed by atoms with Gasteiger partial charge in [-0.05, 0) is 19.1 Å². The zero-order valence-corrected chi connectivity index (χ0v) is 9.31. The summed E-state index contributed by atoms with van der Waals surface area (Å²) in [6.45, 7) is 1.97. The van der Waals surface area contributed by atoms with Crippen LogP contribution in [0.5, 0.6) is 0 Å². The van der Waals surface area contributed by atoms with Crippen LogP contribution < -0.4 is 5.73 Å². The van der Waals surface area contributed by atoms with Crippen LogP contribution in [0.3, 0.4) is 0 Å². The molecule has 0 spiro atoms. The molecule has 0 aliphatic heterocycles. The molecular formula is C12H11N5. The largest absolute Gasteiger partial charge is 0.382 e. The first-order valence-corrected chi connectivity index (χ1v) is 5.27. The number of aromatic amines is 1. The lowest BCUT2D eigenvalue weighted by Crippen LogP contribution is -1.89. The molecule has 0 aromatic carbocycles. The van der Waals surface area contributed by atoms with Gasteiger partial charge in [0.15, 0.2) is 11.5 Å². The lowest BCUT2D eigenvalue weighted by atomic mass is 10.1. The Bertz CT molecular complexity index is 686. The van der Waals surface area contributed by atoms with Crippen LogP contribution in [0, 0.1) is 6.92 Å². The van der Waals surface area contributed by atoms with Crippen molar-refractivity contribution < 1.29 is 0 Å². The predicted octanol–water partition coefficient (Wildman–Crippen LogP) is 1.91. The van der Waals surface area contributed by atoms with Crippen LogP contribution in [0.15, 0.2) is 30.6 Å². The zero-order valence-electron chi connectivity index (χ0n) is 9.31. The molecule has 0 unspecified atom stereocenters. The van der Waals surface area contributed by atoms with E-state index in [1.807, 2.05) is 25.1 Å². The van der Waals surface area contributed by atoms with E-state index < -0.39 is 0 Å². The maximum Gasteiger partial charge on any atom is 0.157 e. The smallest absolute Gasteiger partial charge is 0.157 e. The quantitative estimate of drug-likeness (QED) is 0.663. The minimum atomic E-state index is 0.468. The third kappa shape index (κ3) is 1.52. The summed E-state index contributed by atoms with van der Waals surface area (Å²) in [7, 11) is 0. The highest BCUT2D eigenvalue weighted by atomic mass is 15.2. The Morgan fingerprint density at radius 3 is 3.00 bits per heavy atom.